The summed E-state index contributed by atoms with van der Waals surface area (Å²) >= 11 is 13.1. The SMILES string of the molecule is N#Cc1c(-c2ccc(Cl)cc2)cc(-c2ccc(Cl)cc2)nc1SCC(N)=O. The topological polar surface area (TPSA) is 79.8 Å². The number of benzene rings is 2. The fourth-order valence-electron chi connectivity index (χ4n) is 2.50. The van der Waals surface area contributed by atoms with E-state index in [0.717, 1.165) is 22.9 Å². The first-order valence-electron chi connectivity index (χ1n) is 7.86. The minimum absolute atomic E-state index is 0.0335. The van der Waals surface area contributed by atoms with Crippen LogP contribution in [-0.4, -0.2) is 16.6 Å². The van der Waals surface area contributed by atoms with Crippen LogP contribution in [0.4, 0.5) is 0 Å². The second-order valence-corrected chi connectivity index (χ2v) is 7.45. The van der Waals surface area contributed by atoms with E-state index in [-0.39, 0.29) is 5.75 Å². The van der Waals surface area contributed by atoms with Gasteiger partial charge < -0.3 is 5.73 Å². The van der Waals surface area contributed by atoms with Gasteiger partial charge in [0.15, 0.2) is 0 Å². The molecule has 2 aromatic carbocycles. The number of amides is 1. The Labute approximate surface area is 170 Å². The third-order valence-corrected chi connectivity index (χ3v) is 5.25. The Hall–Kier alpha value is -2.52. The van der Waals surface area contributed by atoms with Crippen molar-refractivity contribution in [3.05, 3.63) is 70.2 Å². The summed E-state index contributed by atoms with van der Waals surface area (Å²) in [5.41, 5.74) is 8.71. The van der Waals surface area contributed by atoms with E-state index in [1.807, 2.05) is 30.3 Å². The largest absolute Gasteiger partial charge is 0.369 e. The van der Waals surface area contributed by atoms with E-state index in [1.54, 1.807) is 24.3 Å². The molecule has 134 valence electrons. The maximum atomic E-state index is 11.2. The van der Waals surface area contributed by atoms with Gasteiger partial charge in [-0.25, -0.2) is 4.98 Å². The van der Waals surface area contributed by atoms with Crippen LogP contribution in [0.15, 0.2) is 59.6 Å². The summed E-state index contributed by atoms with van der Waals surface area (Å²) in [4.78, 5) is 15.8. The molecule has 1 heterocycles. The van der Waals surface area contributed by atoms with Crippen LogP contribution >= 0.6 is 35.0 Å². The number of hydrogen-bond donors (Lipinski definition) is 1. The van der Waals surface area contributed by atoms with Crippen LogP contribution in [0, 0.1) is 11.3 Å². The molecule has 1 amide bonds. The number of nitriles is 1. The van der Waals surface area contributed by atoms with Gasteiger partial charge in [-0.3, -0.25) is 4.79 Å². The molecule has 27 heavy (non-hydrogen) atoms. The standard InChI is InChI=1S/C20H13Cl2N3OS/c21-14-5-1-12(2-6-14)16-9-18(13-3-7-15(22)8-4-13)25-20(17(16)10-23)27-11-19(24)26/h1-9H,11H2,(H2,24,26). The number of aromatic nitrogens is 1. The summed E-state index contributed by atoms with van der Waals surface area (Å²) in [6.45, 7) is 0. The van der Waals surface area contributed by atoms with E-state index >= 15 is 0 Å². The summed E-state index contributed by atoms with van der Waals surface area (Å²) in [6, 6.07) is 18.5. The fourth-order valence-corrected chi connectivity index (χ4v) is 3.49. The molecule has 4 nitrogen and oxygen atoms in total. The van der Waals surface area contributed by atoms with Crippen molar-refractivity contribution >= 4 is 40.9 Å². The third-order valence-electron chi connectivity index (χ3n) is 3.74. The number of nitrogens with two attached hydrogens (primary N) is 1. The lowest BCUT2D eigenvalue weighted by atomic mass is 9.99. The second-order valence-electron chi connectivity index (χ2n) is 5.62. The second kappa shape index (κ2) is 8.45. The van der Waals surface area contributed by atoms with E-state index in [1.165, 1.54) is 0 Å². The zero-order valence-electron chi connectivity index (χ0n) is 13.9. The van der Waals surface area contributed by atoms with Crippen molar-refractivity contribution in [3.8, 4) is 28.5 Å². The van der Waals surface area contributed by atoms with Gasteiger partial charge in [0.1, 0.15) is 11.1 Å². The molecule has 0 aliphatic heterocycles. The molecule has 2 N–H and O–H groups in total. The molecule has 0 bridgehead atoms. The number of thioether (sulfide) groups is 1. The van der Waals surface area contributed by atoms with Crippen molar-refractivity contribution in [2.24, 2.45) is 5.73 Å². The van der Waals surface area contributed by atoms with Gasteiger partial charge in [0.2, 0.25) is 5.91 Å². The van der Waals surface area contributed by atoms with E-state index < -0.39 is 5.91 Å². The number of halogens is 2. The van der Waals surface area contributed by atoms with Crippen LogP contribution in [0.1, 0.15) is 5.56 Å². The highest BCUT2D eigenvalue weighted by Crippen LogP contribution is 2.34. The molecule has 0 saturated carbocycles. The zero-order chi connectivity index (χ0) is 19.4. The maximum Gasteiger partial charge on any atom is 0.227 e. The molecule has 0 spiro atoms. The summed E-state index contributed by atoms with van der Waals surface area (Å²) in [6.07, 6.45) is 0. The van der Waals surface area contributed by atoms with Crippen molar-refractivity contribution in [1.29, 1.82) is 5.26 Å². The van der Waals surface area contributed by atoms with Crippen molar-refractivity contribution in [2.75, 3.05) is 5.75 Å². The Morgan fingerprint density at radius 3 is 2.11 bits per heavy atom. The number of nitrogens with zero attached hydrogens (tertiary/aromatic N) is 2. The molecule has 3 rings (SSSR count). The predicted molar refractivity (Wildman–Crippen MR) is 110 cm³/mol. The first-order chi connectivity index (χ1) is 13.0. The summed E-state index contributed by atoms with van der Waals surface area (Å²) in [5.74, 6) is -0.443. The molecule has 0 aliphatic carbocycles. The number of rotatable bonds is 5. The lowest BCUT2D eigenvalue weighted by molar-refractivity contribution is -0.115. The molecule has 1 aromatic heterocycles. The van der Waals surface area contributed by atoms with E-state index in [2.05, 4.69) is 11.1 Å². The van der Waals surface area contributed by atoms with Gasteiger partial charge in [0.05, 0.1) is 17.0 Å². The monoisotopic (exact) mass is 413 g/mol. The minimum Gasteiger partial charge on any atom is -0.369 e. The third kappa shape index (κ3) is 4.61. The highest BCUT2D eigenvalue weighted by atomic mass is 35.5. The van der Waals surface area contributed by atoms with Crippen molar-refractivity contribution in [1.82, 2.24) is 4.98 Å². The number of carbonyl (C=O) groups is 1. The average Bonchev–Trinajstić information content (AvgIpc) is 2.66. The van der Waals surface area contributed by atoms with Crippen LogP contribution in [0.2, 0.25) is 10.0 Å². The van der Waals surface area contributed by atoms with Gasteiger partial charge in [-0.2, -0.15) is 5.26 Å². The zero-order valence-corrected chi connectivity index (χ0v) is 16.3. The Morgan fingerprint density at radius 2 is 1.59 bits per heavy atom. The summed E-state index contributed by atoms with van der Waals surface area (Å²) in [5, 5.41) is 11.4. The lowest BCUT2D eigenvalue weighted by Crippen LogP contribution is -2.13. The van der Waals surface area contributed by atoms with Crippen LogP contribution in [0.3, 0.4) is 0 Å². The van der Waals surface area contributed by atoms with Crippen LogP contribution < -0.4 is 5.73 Å². The Balaban J connectivity index is 2.20. The highest BCUT2D eigenvalue weighted by molar-refractivity contribution is 8.00. The molecule has 0 radical (unpaired) electrons. The number of carbonyl (C=O) groups excluding carboxylic acids is 1. The van der Waals surface area contributed by atoms with Gasteiger partial charge in [0, 0.05) is 21.2 Å². The predicted octanol–water partition coefficient (Wildman–Crippen LogP) is 5.17. The lowest BCUT2D eigenvalue weighted by Gasteiger charge is -2.12. The van der Waals surface area contributed by atoms with Crippen molar-refractivity contribution in [3.63, 3.8) is 0 Å². The van der Waals surface area contributed by atoms with E-state index in [4.69, 9.17) is 28.9 Å². The average molecular weight is 414 g/mol. The summed E-state index contributed by atoms with van der Waals surface area (Å²) in [7, 11) is 0. The van der Waals surface area contributed by atoms with Crippen molar-refractivity contribution < 1.29 is 4.79 Å². The van der Waals surface area contributed by atoms with Gasteiger partial charge in [-0.15, -0.1) is 0 Å². The molecule has 0 atom stereocenters. The van der Waals surface area contributed by atoms with Crippen LogP contribution in [0.5, 0.6) is 0 Å². The summed E-state index contributed by atoms with van der Waals surface area (Å²) < 4.78 is 0. The molecule has 0 fully saturated rings. The van der Waals surface area contributed by atoms with Crippen LogP contribution in [-0.2, 0) is 4.79 Å². The quantitative estimate of drug-likeness (QED) is 0.584. The number of primary amides is 1. The number of hydrogen-bond acceptors (Lipinski definition) is 4. The first-order valence-corrected chi connectivity index (χ1v) is 9.60. The molecule has 3 aromatic rings. The molecule has 7 heteroatoms. The fraction of sp³-hybridized carbons (Fsp3) is 0.0500. The Kier molecular flexibility index (Phi) is 6.02. The molecule has 0 saturated heterocycles. The molecule has 0 aliphatic rings. The van der Waals surface area contributed by atoms with Gasteiger partial charge in [-0.05, 0) is 35.9 Å². The smallest absolute Gasteiger partial charge is 0.227 e. The first kappa shape index (κ1) is 19.2. The van der Waals surface area contributed by atoms with Crippen molar-refractivity contribution in [2.45, 2.75) is 5.03 Å². The van der Waals surface area contributed by atoms with Gasteiger partial charge in [-0.1, -0.05) is 59.2 Å². The Bertz CT molecular complexity index is 1030. The normalized spacial score (nSPS) is 10.4. The Morgan fingerprint density at radius 1 is 1.04 bits per heavy atom. The minimum atomic E-state index is -0.476. The molecule has 0 unspecified atom stereocenters. The van der Waals surface area contributed by atoms with Gasteiger partial charge >= 0.3 is 0 Å². The van der Waals surface area contributed by atoms with E-state index in [0.29, 0.717) is 31.9 Å². The van der Waals surface area contributed by atoms with Gasteiger partial charge in [0.25, 0.3) is 0 Å². The van der Waals surface area contributed by atoms with Crippen LogP contribution in [0.25, 0.3) is 22.4 Å². The molecular formula is C20H13Cl2N3OS. The highest BCUT2D eigenvalue weighted by Gasteiger charge is 2.16. The number of pyridine rings is 1. The van der Waals surface area contributed by atoms with E-state index in [9.17, 15) is 10.1 Å². The maximum absolute atomic E-state index is 11.2. The molecular weight excluding hydrogens is 401 g/mol.